The van der Waals surface area contributed by atoms with Crippen molar-refractivity contribution in [3.8, 4) is 5.75 Å². The van der Waals surface area contributed by atoms with E-state index in [9.17, 15) is 14.9 Å². The Labute approximate surface area is 189 Å². The maximum absolute atomic E-state index is 11.7. The smallest absolute Gasteiger partial charge is 0.336 e. The number of hydrogen-bond acceptors (Lipinski definition) is 7. The predicted molar refractivity (Wildman–Crippen MR) is 127 cm³/mol. The van der Waals surface area contributed by atoms with Gasteiger partial charge in [0, 0.05) is 35.2 Å². The van der Waals surface area contributed by atoms with Crippen molar-refractivity contribution in [1.82, 2.24) is 0 Å². The Morgan fingerprint density at radius 3 is 2.45 bits per heavy atom. The molecule has 1 N–H and O–H groups in total. The van der Waals surface area contributed by atoms with E-state index in [1.54, 1.807) is 18.2 Å². The third kappa shape index (κ3) is 5.24. The van der Waals surface area contributed by atoms with Crippen LogP contribution in [0.1, 0.15) is 16.7 Å². The number of nitro groups is 1. The normalized spacial score (nSPS) is 11.4. The van der Waals surface area contributed by atoms with Crippen molar-refractivity contribution in [3.05, 3.63) is 110 Å². The molecule has 8 heteroatoms. The molecule has 4 aromatic rings. The lowest BCUT2D eigenvalue weighted by Crippen LogP contribution is -2.15. The van der Waals surface area contributed by atoms with Gasteiger partial charge in [0.15, 0.2) is 0 Å². The Bertz CT molecular complexity index is 1390. The van der Waals surface area contributed by atoms with Crippen LogP contribution in [0.25, 0.3) is 11.0 Å². The summed E-state index contributed by atoms with van der Waals surface area (Å²) in [6, 6.07) is 20.6. The number of anilines is 1. The Hall–Kier alpha value is -4.46. The summed E-state index contributed by atoms with van der Waals surface area (Å²) in [5, 5.41) is 16.2. The van der Waals surface area contributed by atoms with Gasteiger partial charge in [0.25, 0.3) is 5.69 Å². The van der Waals surface area contributed by atoms with E-state index in [0.717, 1.165) is 22.1 Å². The third-order valence-corrected chi connectivity index (χ3v) is 5.08. The van der Waals surface area contributed by atoms with Crippen LogP contribution in [0.5, 0.6) is 5.75 Å². The van der Waals surface area contributed by atoms with E-state index in [1.807, 2.05) is 50.2 Å². The number of nitro benzene ring substituents is 1. The van der Waals surface area contributed by atoms with E-state index in [4.69, 9.17) is 9.15 Å². The highest BCUT2D eigenvalue weighted by Gasteiger charge is 2.09. The lowest BCUT2D eigenvalue weighted by Gasteiger charge is -2.11. The van der Waals surface area contributed by atoms with E-state index in [1.165, 1.54) is 18.2 Å². The molecule has 8 nitrogen and oxygen atoms in total. The molecule has 0 fully saturated rings. The number of fused-ring (bicyclic) bond motifs is 1. The van der Waals surface area contributed by atoms with Crippen molar-refractivity contribution in [2.24, 2.45) is 5.10 Å². The summed E-state index contributed by atoms with van der Waals surface area (Å²) in [6.45, 7) is 3.99. The minimum atomic E-state index is -0.453. The lowest BCUT2D eigenvalue weighted by molar-refractivity contribution is -0.384. The van der Waals surface area contributed by atoms with E-state index in [-0.39, 0.29) is 12.3 Å². The zero-order chi connectivity index (χ0) is 23.4. The minimum absolute atomic E-state index is 0.00446. The first-order valence-corrected chi connectivity index (χ1v) is 10.2. The molecule has 1 aromatic heterocycles. The largest absolute Gasteiger partial charge is 0.487 e. The molecule has 0 amide bonds. The van der Waals surface area contributed by atoms with Gasteiger partial charge in [-0.3, -0.25) is 15.5 Å². The molecule has 4 rings (SSSR count). The van der Waals surface area contributed by atoms with Crippen LogP contribution in [0.3, 0.4) is 0 Å². The molecule has 33 heavy (non-hydrogen) atoms. The van der Waals surface area contributed by atoms with Crippen molar-refractivity contribution >= 4 is 28.1 Å². The number of ether oxygens (including phenoxy) is 1. The van der Waals surface area contributed by atoms with Gasteiger partial charge in [-0.2, -0.15) is 5.10 Å². The number of hydrogen-bond donors (Lipinski definition) is 1. The predicted octanol–water partition coefficient (Wildman–Crippen LogP) is 5.21. The molecule has 1 heterocycles. The fraction of sp³-hybridized carbons (Fsp3) is 0.120. The standard InChI is InChI=1S/C25H21N3O5/c1-16-3-5-18(6-4-16)23(27-26-19-7-9-20(10-8-19)28(30)31)15-32-21-11-12-22-17(2)13-25(29)33-24(22)14-21/h3-14,26H,15H2,1-2H3. The zero-order valence-corrected chi connectivity index (χ0v) is 18.1. The maximum Gasteiger partial charge on any atom is 0.336 e. The molecule has 0 saturated carbocycles. The van der Waals surface area contributed by atoms with E-state index < -0.39 is 10.5 Å². The summed E-state index contributed by atoms with van der Waals surface area (Å²) in [6.07, 6.45) is 0. The first kappa shape index (κ1) is 21.8. The van der Waals surface area contributed by atoms with Crippen molar-refractivity contribution in [2.75, 3.05) is 12.0 Å². The number of nitrogens with zero attached hydrogens (tertiary/aromatic N) is 2. The Morgan fingerprint density at radius 1 is 1.03 bits per heavy atom. The summed E-state index contributed by atoms with van der Waals surface area (Å²) in [4.78, 5) is 22.1. The Morgan fingerprint density at radius 2 is 1.76 bits per heavy atom. The Balaban J connectivity index is 1.58. The molecule has 166 valence electrons. The highest BCUT2D eigenvalue weighted by atomic mass is 16.6. The van der Waals surface area contributed by atoms with Crippen LogP contribution in [0.4, 0.5) is 11.4 Å². The summed E-state index contributed by atoms with van der Waals surface area (Å²) in [5.74, 6) is 0.534. The molecule has 0 aliphatic carbocycles. The molecule has 3 aromatic carbocycles. The molecular weight excluding hydrogens is 422 g/mol. The monoisotopic (exact) mass is 443 g/mol. The second kappa shape index (κ2) is 9.35. The molecule has 0 unspecified atom stereocenters. The SMILES string of the molecule is Cc1ccc(C(COc2ccc3c(C)cc(=O)oc3c2)=NNc2ccc([N+](=O)[O-])cc2)cc1. The summed E-state index contributed by atoms with van der Waals surface area (Å²) in [7, 11) is 0. The zero-order valence-electron chi connectivity index (χ0n) is 18.1. The van der Waals surface area contributed by atoms with Crippen LogP contribution in [-0.2, 0) is 0 Å². The van der Waals surface area contributed by atoms with E-state index in [0.29, 0.717) is 22.7 Å². The van der Waals surface area contributed by atoms with Crippen LogP contribution in [0, 0.1) is 24.0 Å². The highest BCUT2D eigenvalue weighted by molar-refractivity contribution is 6.02. The van der Waals surface area contributed by atoms with Crippen LogP contribution < -0.4 is 15.8 Å². The minimum Gasteiger partial charge on any atom is -0.487 e. The van der Waals surface area contributed by atoms with Crippen LogP contribution in [0.2, 0.25) is 0 Å². The molecule has 0 bridgehead atoms. The molecule has 0 atom stereocenters. The quantitative estimate of drug-likeness (QED) is 0.182. The van der Waals surface area contributed by atoms with Gasteiger partial charge in [-0.25, -0.2) is 4.79 Å². The molecule has 0 spiro atoms. The van der Waals surface area contributed by atoms with Crippen LogP contribution in [0.15, 0.2) is 87.1 Å². The van der Waals surface area contributed by atoms with Crippen molar-refractivity contribution < 1.29 is 14.1 Å². The lowest BCUT2D eigenvalue weighted by atomic mass is 10.1. The fourth-order valence-electron chi connectivity index (χ4n) is 3.26. The summed E-state index contributed by atoms with van der Waals surface area (Å²) >= 11 is 0. The second-order valence-electron chi connectivity index (χ2n) is 7.54. The Kier molecular flexibility index (Phi) is 6.17. The molecule has 0 aliphatic rings. The van der Waals surface area contributed by atoms with Gasteiger partial charge in [-0.15, -0.1) is 0 Å². The number of aryl methyl sites for hydroxylation is 2. The third-order valence-electron chi connectivity index (χ3n) is 5.08. The van der Waals surface area contributed by atoms with Gasteiger partial charge in [0.2, 0.25) is 0 Å². The van der Waals surface area contributed by atoms with Gasteiger partial charge in [-0.1, -0.05) is 29.8 Å². The number of hydrazone groups is 1. The van der Waals surface area contributed by atoms with E-state index in [2.05, 4.69) is 10.5 Å². The van der Waals surface area contributed by atoms with Gasteiger partial charge in [0.1, 0.15) is 23.7 Å². The number of benzene rings is 3. The number of nitrogens with one attached hydrogen (secondary N) is 1. The average Bonchev–Trinajstić information content (AvgIpc) is 2.80. The first-order chi connectivity index (χ1) is 15.9. The number of rotatable bonds is 7. The molecule has 0 aliphatic heterocycles. The molecular formula is C25H21N3O5. The van der Waals surface area contributed by atoms with Gasteiger partial charge in [-0.05, 0) is 43.7 Å². The van der Waals surface area contributed by atoms with Crippen LogP contribution in [-0.4, -0.2) is 17.2 Å². The fourth-order valence-corrected chi connectivity index (χ4v) is 3.26. The second-order valence-corrected chi connectivity index (χ2v) is 7.54. The van der Waals surface area contributed by atoms with Crippen molar-refractivity contribution in [3.63, 3.8) is 0 Å². The van der Waals surface area contributed by atoms with Gasteiger partial charge in [0.05, 0.1) is 10.6 Å². The summed E-state index contributed by atoms with van der Waals surface area (Å²) < 4.78 is 11.3. The van der Waals surface area contributed by atoms with Gasteiger partial charge >= 0.3 is 5.63 Å². The van der Waals surface area contributed by atoms with Crippen molar-refractivity contribution in [2.45, 2.75) is 13.8 Å². The number of non-ortho nitro benzene ring substituents is 1. The topological polar surface area (TPSA) is 107 Å². The van der Waals surface area contributed by atoms with Crippen molar-refractivity contribution in [1.29, 1.82) is 0 Å². The maximum atomic E-state index is 11.7. The molecule has 0 radical (unpaired) electrons. The highest BCUT2D eigenvalue weighted by Crippen LogP contribution is 2.22. The molecule has 0 saturated heterocycles. The summed E-state index contributed by atoms with van der Waals surface area (Å²) in [5.41, 5.74) is 7.01. The first-order valence-electron chi connectivity index (χ1n) is 10.2. The van der Waals surface area contributed by atoms with Crippen LogP contribution >= 0.6 is 0 Å². The van der Waals surface area contributed by atoms with E-state index >= 15 is 0 Å². The van der Waals surface area contributed by atoms with Gasteiger partial charge < -0.3 is 9.15 Å². The average molecular weight is 443 g/mol.